The van der Waals surface area contributed by atoms with Crippen molar-refractivity contribution in [2.45, 2.75) is 12.8 Å². The van der Waals surface area contributed by atoms with E-state index in [4.69, 9.17) is 10.1 Å². The quantitative estimate of drug-likeness (QED) is 0.905. The van der Waals surface area contributed by atoms with Crippen LogP contribution in [0, 0.1) is 5.92 Å². The van der Waals surface area contributed by atoms with Gasteiger partial charge < -0.3 is 10.4 Å². The molecule has 0 radical (unpaired) electrons. The Hall–Kier alpha value is -2.47. The van der Waals surface area contributed by atoms with Gasteiger partial charge in [0.1, 0.15) is 15.7 Å². The lowest BCUT2D eigenvalue weighted by Gasteiger charge is -2.18. The molecule has 0 spiro atoms. The number of carbonyl (C=O) groups is 1. The molecule has 0 amide bonds. The number of nitrogens with zero attached hydrogens (tertiary/aromatic N) is 2. The lowest BCUT2D eigenvalue weighted by atomic mass is 9.89. The molecule has 2 aliphatic rings. The van der Waals surface area contributed by atoms with Gasteiger partial charge >= 0.3 is 5.97 Å². The van der Waals surface area contributed by atoms with Crippen molar-refractivity contribution in [3.63, 3.8) is 0 Å². The zero-order valence-corrected chi connectivity index (χ0v) is 13.1. The van der Waals surface area contributed by atoms with E-state index in [-0.39, 0.29) is 5.69 Å². The number of aryl methyl sites for hydroxylation is 1. The fourth-order valence-corrected chi connectivity index (χ4v) is 3.83. The highest BCUT2D eigenvalue weighted by Gasteiger charge is 2.22. The van der Waals surface area contributed by atoms with Crippen molar-refractivity contribution in [2.75, 3.05) is 11.9 Å². The number of thiazole rings is 1. The molecule has 5 nitrogen and oxygen atoms in total. The Morgan fingerprint density at radius 1 is 1.39 bits per heavy atom. The standard InChI is InChI=1S/C17H15N3O2S/c21-17(22)14-7-5-12(9-18-14)15-20-13-6-4-11(10-2-1-3-10)8-19-16(13)23-15/h1-3,5,7,9,11,19H,4,6,8H2,(H,21,22). The number of rotatable bonds is 3. The van der Waals surface area contributed by atoms with Gasteiger partial charge in [-0.2, -0.15) is 0 Å². The molecular weight excluding hydrogens is 310 g/mol. The van der Waals surface area contributed by atoms with Gasteiger partial charge in [-0.3, -0.25) is 0 Å². The van der Waals surface area contributed by atoms with Gasteiger partial charge in [0.25, 0.3) is 0 Å². The van der Waals surface area contributed by atoms with Gasteiger partial charge in [-0.15, -0.1) is 0 Å². The summed E-state index contributed by atoms with van der Waals surface area (Å²) >= 11 is 1.61. The van der Waals surface area contributed by atoms with Gasteiger partial charge in [-0.25, -0.2) is 14.8 Å². The van der Waals surface area contributed by atoms with Crippen LogP contribution in [-0.2, 0) is 6.42 Å². The minimum Gasteiger partial charge on any atom is -0.477 e. The summed E-state index contributed by atoms with van der Waals surface area (Å²) in [7, 11) is 0. The van der Waals surface area contributed by atoms with Gasteiger partial charge in [-0.1, -0.05) is 29.6 Å². The number of carboxylic acids is 1. The molecule has 1 unspecified atom stereocenters. The van der Waals surface area contributed by atoms with E-state index in [9.17, 15) is 4.79 Å². The van der Waals surface area contributed by atoms with Crippen molar-refractivity contribution in [3.8, 4) is 10.6 Å². The molecule has 1 atom stereocenters. The van der Waals surface area contributed by atoms with Crippen molar-refractivity contribution in [2.24, 2.45) is 5.92 Å². The van der Waals surface area contributed by atoms with E-state index in [1.165, 1.54) is 11.6 Å². The average molecular weight is 325 g/mol. The number of allylic oxidation sites excluding steroid dienone is 3. The Morgan fingerprint density at radius 2 is 2.26 bits per heavy atom. The van der Waals surface area contributed by atoms with Crippen LogP contribution < -0.4 is 5.32 Å². The first-order chi connectivity index (χ1) is 11.2. The topological polar surface area (TPSA) is 75.1 Å². The van der Waals surface area contributed by atoms with Gasteiger partial charge in [-0.05, 0) is 30.5 Å². The summed E-state index contributed by atoms with van der Waals surface area (Å²) in [4.78, 5) is 19.6. The number of carboxylic acid groups (broad SMARTS) is 1. The summed E-state index contributed by atoms with van der Waals surface area (Å²) < 4.78 is 0. The van der Waals surface area contributed by atoms with Crippen LogP contribution in [0.15, 0.2) is 42.1 Å². The Morgan fingerprint density at radius 3 is 2.91 bits per heavy atom. The van der Waals surface area contributed by atoms with Crippen molar-refractivity contribution in [1.82, 2.24) is 9.97 Å². The van der Waals surface area contributed by atoms with Gasteiger partial charge in [0.05, 0.1) is 5.69 Å². The Kier molecular flexibility index (Phi) is 3.46. The van der Waals surface area contributed by atoms with Crippen molar-refractivity contribution < 1.29 is 9.90 Å². The zero-order chi connectivity index (χ0) is 15.8. The van der Waals surface area contributed by atoms with Crippen LogP contribution in [0.2, 0.25) is 0 Å². The first kappa shape index (κ1) is 14.1. The van der Waals surface area contributed by atoms with Gasteiger partial charge in [0.2, 0.25) is 0 Å². The molecule has 116 valence electrons. The first-order valence-corrected chi connectivity index (χ1v) is 8.34. The second kappa shape index (κ2) is 5.62. The lowest BCUT2D eigenvalue weighted by molar-refractivity contribution is 0.0690. The van der Waals surface area contributed by atoms with Crippen LogP contribution in [0.5, 0.6) is 0 Å². The molecule has 2 aromatic heterocycles. The molecule has 23 heavy (non-hydrogen) atoms. The van der Waals surface area contributed by atoms with Crippen molar-refractivity contribution in [3.05, 3.63) is 53.5 Å². The van der Waals surface area contributed by atoms with Gasteiger partial charge in [0, 0.05) is 24.2 Å². The number of pyridine rings is 1. The predicted molar refractivity (Wildman–Crippen MR) is 89.8 cm³/mol. The second-order valence-corrected chi connectivity index (χ2v) is 6.67. The van der Waals surface area contributed by atoms with Crippen LogP contribution in [0.4, 0.5) is 5.00 Å². The van der Waals surface area contributed by atoms with Crippen LogP contribution in [0.25, 0.3) is 10.6 Å². The van der Waals surface area contributed by atoms with E-state index in [2.05, 4.69) is 28.5 Å². The molecule has 6 heteroatoms. The fourth-order valence-electron chi connectivity index (χ4n) is 2.82. The number of anilines is 1. The highest BCUT2D eigenvalue weighted by atomic mass is 32.1. The maximum absolute atomic E-state index is 10.9. The summed E-state index contributed by atoms with van der Waals surface area (Å²) in [6, 6.07) is 3.28. The van der Waals surface area contributed by atoms with E-state index in [0.29, 0.717) is 5.92 Å². The molecule has 0 saturated heterocycles. The van der Waals surface area contributed by atoms with Crippen LogP contribution in [-0.4, -0.2) is 27.6 Å². The zero-order valence-electron chi connectivity index (χ0n) is 12.3. The predicted octanol–water partition coefficient (Wildman–Crippen LogP) is 3.37. The molecule has 0 bridgehead atoms. The third kappa shape index (κ3) is 2.66. The molecule has 4 rings (SSSR count). The fraction of sp³-hybridized carbons (Fsp3) is 0.235. The average Bonchev–Trinajstić information content (AvgIpc) is 2.82. The second-order valence-electron chi connectivity index (χ2n) is 5.67. The largest absolute Gasteiger partial charge is 0.477 e. The maximum Gasteiger partial charge on any atom is 0.354 e. The van der Waals surface area contributed by atoms with E-state index in [1.54, 1.807) is 23.6 Å². The molecule has 1 aliphatic carbocycles. The lowest BCUT2D eigenvalue weighted by Crippen LogP contribution is -2.15. The normalized spacial score (nSPS) is 19.1. The smallest absolute Gasteiger partial charge is 0.354 e. The van der Waals surface area contributed by atoms with Crippen LogP contribution in [0.3, 0.4) is 0 Å². The molecule has 0 aromatic carbocycles. The highest BCUT2D eigenvalue weighted by molar-refractivity contribution is 7.19. The minimum absolute atomic E-state index is 0.0506. The third-order valence-electron chi connectivity index (χ3n) is 4.21. The van der Waals surface area contributed by atoms with Gasteiger partial charge in [0.15, 0.2) is 0 Å². The third-order valence-corrected chi connectivity index (χ3v) is 5.32. The summed E-state index contributed by atoms with van der Waals surface area (Å²) in [5, 5.41) is 14.4. The molecular formula is C17H15N3O2S. The van der Waals surface area contributed by atoms with E-state index < -0.39 is 5.97 Å². The Labute approximate surface area is 137 Å². The maximum atomic E-state index is 10.9. The summed E-state index contributed by atoms with van der Waals surface area (Å²) in [6.45, 7) is 0.932. The number of fused-ring (bicyclic) bond motifs is 1. The van der Waals surface area contributed by atoms with E-state index in [0.717, 1.165) is 40.7 Å². The Balaban J connectivity index is 1.54. The SMILES string of the molecule is O=C(O)c1ccc(-c2nc3c(s2)NCC(C2=CC=C2)CC3)cn1. The monoisotopic (exact) mass is 325 g/mol. The number of aromatic nitrogens is 2. The summed E-state index contributed by atoms with van der Waals surface area (Å²) in [6.07, 6.45) is 10.1. The number of hydrogen-bond acceptors (Lipinski definition) is 5. The molecule has 2 aromatic rings. The van der Waals surface area contributed by atoms with Crippen LogP contribution >= 0.6 is 11.3 Å². The van der Waals surface area contributed by atoms with Crippen LogP contribution in [0.1, 0.15) is 22.6 Å². The van der Waals surface area contributed by atoms with E-state index in [1.807, 2.05) is 0 Å². The van der Waals surface area contributed by atoms with Crippen molar-refractivity contribution in [1.29, 1.82) is 0 Å². The highest BCUT2D eigenvalue weighted by Crippen LogP contribution is 2.36. The molecule has 0 fully saturated rings. The number of aromatic carboxylic acids is 1. The van der Waals surface area contributed by atoms with Crippen molar-refractivity contribution >= 4 is 22.3 Å². The number of hydrogen-bond donors (Lipinski definition) is 2. The number of nitrogens with one attached hydrogen (secondary N) is 1. The molecule has 0 saturated carbocycles. The minimum atomic E-state index is -1.02. The summed E-state index contributed by atoms with van der Waals surface area (Å²) in [5.74, 6) is -0.458. The summed E-state index contributed by atoms with van der Waals surface area (Å²) in [5.41, 5.74) is 3.42. The molecule has 2 N–H and O–H groups in total. The molecule has 3 heterocycles. The Bertz CT molecular complexity index is 795. The first-order valence-electron chi connectivity index (χ1n) is 7.52. The molecule has 1 aliphatic heterocycles. The van der Waals surface area contributed by atoms with E-state index >= 15 is 0 Å².